The van der Waals surface area contributed by atoms with Gasteiger partial charge in [-0.25, -0.2) is 4.98 Å². The standard InChI is InChI=1S/C18H22N2O2/c1-3-5-8-12-20-14-11-7-6-10-13(14)17-16(18(20)21)19-15(22-17)9-4-2/h6-7,10-11H,3-5,8-9,12H2,1-2H3. The number of aromatic nitrogens is 2. The number of rotatable bonds is 6. The molecule has 0 atom stereocenters. The van der Waals surface area contributed by atoms with Crippen LogP contribution in [0, 0.1) is 0 Å². The lowest BCUT2D eigenvalue weighted by Gasteiger charge is -2.09. The van der Waals surface area contributed by atoms with Gasteiger partial charge >= 0.3 is 0 Å². The molecule has 0 aliphatic rings. The summed E-state index contributed by atoms with van der Waals surface area (Å²) in [4.78, 5) is 17.2. The Bertz CT molecular complexity index is 845. The fraction of sp³-hybridized carbons (Fsp3) is 0.444. The summed E-state index contributed by atoms with van der Waals surface area (Å²) in [5.74, 6) is 0.658. The Morgan fingerprint density at radius 3 is 2.73 bits per heavy atom. The molecule has 3 rings (SSSR count). The van der Waals surface area contributed by atoms with Gasteiger partial charge in [0.1, 0.15) is 0 Å². The Kier molecular flexibility index (Phi) is 4.27. The fourth-order valence-electron chi connectivity index (χ4n) is 2.89. The summed E-state index contributed by atoms with van der Waals surface area (Å²) in [5.41, 5.74) is 2.01. The van der Waals surface area contributed by atoms with E-state index in [1.165, 1.54) is 0 Å². The molecule has 0 bridgehead atoms. The van der Waals surface area contributed by atoms with Crippen LogP contribution < -0.4 is 5.56 Å². The minimum Gasteiger partial charge on any atom is -0.440 e. The van der Waals surface area contributed by atoms with Gasteiger partial charge in [-0.1, -0.05) is 38.8 Å². The van der Waals surface area contributed by atoms with Crippen LogP contribution in [0.25, 0.3) is 22.0 Å². The van der Waals surface area contributed by atoms with E-state index in [4.69, 9.17) is 4.42 Å². The summed E-state index contributed by atoms with van der Waals surface area (Å²) in [6.07, 6.45) is 4.98. The first kappa shape index (κ1) is 14.8. The van der Waals surface area contributed by atoms with Crippen molar-refractivity contribution in [2.24, 2.45) is 0 Å². The van der Waals surface area contributed by atoms with Gasteiger partial charge in [0.05, 0.1) is 5.52 Å². The molecule has 2 aromatic heterocycles. The molecule has 0 saturated heterocycles. The average Bonchev–Trinajstić information content (AvgIpc) is 2.95. The van der Waals surface area contributed by atoms with Gasteiger partial charge in [-0.2, -0.15) is 0 Å². The summed E-state index contributed by atoms with van der Waals surface area (Å²) < 4.78 is 7.71. The lowest BCUT2D eigenvalue weighted by atomic mass is 10.2. The molecule has 0 saturated carbocycles. The van der Waals surface area contributed by atoms with Crippen molar-refractivity contribution < 1.29 is 4.42 Å². The van der Waals surface area contributed by atoms with Gasteiger partial charge in [-0.05, 0) is 25.0 Å². The number of hydrogen-bond acceptors (Lipinski definition) is 3. The molecule has 22 heavy (non-hydrogen) atoms. The monoisotopic (exact) mass is 298 g/mol. The van der Waals surface area contributed by atoms with Gasteiger partial charge in [-0.3, -0.25) is 4.79 Å². The molecule has 4 nitrogen and oxygen atoms in total. The number of fused-ring (bicyclic) bond motifs is 3. The van der Waals surface area contributed by atoms with E-state index >= 15 is 0 Å². The Labute approximate surface area is 129 Å². The third kappa shape index (κ3) is 2.54. The highest BCUT2D eigenvalue weighted by Crippen LogP contribution is 2.24. The number of para-hydroxylation sites is 1. The van der Waals surface area contributed by atoms with Crippen LogP contribution in [0.5, 0.6) is 0 Å². The molecular formula is C18H22N2O2. The molecule has 1 aromatic carbocycles. The normalized spacial score (nSPS) is 11.5. The first-order chi connectivity index (χ1) is 10.8. The third-order valence-electron chi connectivity index (χ3n) is 4.01. The summed E-state index contributed by atoms with van der Waals surface area (Å²) in [6.45, 7) is 4.98. The van der Waals surface area contributed by atoms with Crippen LogP contribution in [0.4, 0.5) is 0 Å². The van der Waals surface area contributed by atoms with Gasteiger partial charge in [0, 0.05) is 18.4 Å². The van der Waals surface area contributed by atoms with Gasteiger partial charge in [-0.15, -0.1) is 0 Å². The predicted molar refractivity (Wildman–Crippen MR) is 89.3 cm³/mol. The summed E-state index contributed by atoms with van der Waals surface area (Å²) >= 11 is 0. The minimum atomic E-state index is -0.0316. The minimum absolute atomic E-state index is 0.0316. The maximum absolute atomic E-state index is 12.8. The van der Waals surface area contributed by atoms with E-state index in [-0.39, 0.29) is 5.56 Å². The SMILES string of the molecule is CCCCCn1c(=O)c2nc(CCC)oc2c2ccccc21. The molecule has 3 aromatic rings. The molecule has 0 aliphatic carbocycles. The van der Waals surface area contributed by atoms with Gasteiger partial charge in [0.25, 0.3) is 5.56 Å². The fourth-order valence-corrected chi connectivity index (χ4v) is 2.89. The Morgan fingerprint density at radius 1 is 1.14 bits per heavy atom. The van der Waals surface area contributed by atoms with Gasteiger partial charge in [0.15, 0.2) is 17.0 Å². The summed E-state index contributed by atoms with van der Waals surface area (Å²) in [5, 5.41) is 0.975. The van der Waals surface area contributed by atoms with Gasteiger partial charge in [0.2, 0.25) is 0 Å². The highest BCUT2D eigenvalue weighted by molar-refractivity contribution is 6.00. The number of nitrogens with zero attached hydrogens (tertiary/aromatic N) is 2. The first-order valence-electron chi connectivity index (χ1n) is 8.17. The van der Waals surface area contributed by atoms with Crippen LogP contribution in [0.3, 0.4) is 0 Å². The largest absolute Gasteiger partial charge is 0.440 e. The zero-order valence-electron chi connectivity index (χ0n) is 13.3. The van der Waals surface area contributed by atoms with E-state index in [2.05, 4.69) is 18.8 Å². The molecule has 0 fully saturated rings. The number of pyridine rings is 1. The molecule has 0 unspecified atom stereocenters. The van der Waals surface area contributed by atoms with E-state index in [1.807, 2.05) is 28.8 Å². The average molecular weight is 298 g/mol. The number of aryl methyl sites for hydroxylation is 2. The van der Waals surface area contributed by atoms with E-state index < -0.39 is 0 Å². The number of benzene rings is 1. The van der Waals surface area contributed by atoms with Crippen LogP contribution in [0.15, 0.2) is 33.5 Å². The van der Waals surface area contributed by atoms with Crippen LogP contribution in [0.1, 0.15) is 45.4 Å². The molecule has 0 radical (unpaired) electrons. The van der Waals surface area contributed by atoms with E-state index in [0.717, 1.165) is 49.6 Å². The smallest absolute Gasteiger partial charge is 0.280 e. The third-order valence-corrected chi connectivity index (χ3v) is 4.01. The van der Waals surface area contributed by atoms with Crippen molar-refractivity contribution in [3.05, 3.63) is 40.5 Å². The topological polar surface area (TPSA) is 48.0 Å². The van der Waals surface area contributed by atoms with E-state index in [9.17, 15) is 4.79 Å². The van der Waals surface area contributed by atoms with E-state index in [0.29, 0.717) is 17.0 Å². The molecule has 0 aliphatic heterocycles. The molecule has 0 N–H and O–H groups in total. The molecule has 0 amide bonds. The van der Waals surface area contributed by atoms with Crippen molar-refractivity contribution in [3.63, 3.8) is 0 Å². The van der Waals surface area contributed by atoms with Crippen molar-refractivity contribution in [2.45, 2.75) is 52.5 Å². The molecule has 0 spiro atoms. The van der Waals surface area contributed by atoms with Crippen molar-refractivity contribution >= 4 is 22.0 Å². The second-order valence-electron chi connectivity index (χ2n) is 5.72. The zero-order valence-corrected chi connectivity index (χ0v) is 13.3. The van der Waals surface area contributed by atoms with Gasteiger partial charge < -0.3 is 8.98 Å². The second kappa shape index (κ2) is 6.34. The second-order valence-corrected chi connectivity index (χ2v) is 5.72. The van der Waals surface area contributed by atoms with Crippen molar-refractivity contribution in [3.8, 4) is 0 Å². The Balaban J connectivity index is 2.23. The van der Waals surface area contributed by atoms with Crippen LogP contribution in [-0.4, -0.2) is 9.55 Å². The van der Waals surface area contributed by atoms with Crippen LogP contribution >= 0.6 is 0 Å². The zero-order chi connectivity index (χ0) is 15.5. The molecular weight excluding hydrogens is 276 g/mol. The lowest BCUT2D eigenvalue weighted by molar-refractivity contribution is 0.527. The maximum Gasteiger partial charge on any atom is 0.280 e. The quantitative estimate of drug-likeness (QED) is 0.638. The summed E-state index contributed by atoms with van der Waals surface area (Å²) in [7, 11) is 0. The highest BCUT2D eigenvalue weighted by atomic mass is 16.3. The number of hydrogen-bond donors (Lipinski definition) is 0. The van der Waals surface area contributed by atoms with Crippen molar-refractivity contribution in [1.82, 2.24) is 9.55 Å². The lowest BCUT2D eigenvalue weighted by Crippen LogP contribution is -2.21. The molecule has 116 valence electrons. The van der Waals surface area contributed by atoms with Crippen molar-refractivity contribution in [2.75, 3.05) is 0 Å². The predicted octanol–water partition coefficient (Wildman–Crippen LogP) is 4.29. The molecule has 4 heteroatoms. The Hall–Kier alpha value is -2.10. The first-order valence-corrected chi connectivity index (χ1v) is 8.17. The Morgan fingerprint density at radius 2 is 1.95 bits per heavy atom. The number of oxazole rings is 1. The molecule has 2 heterocycles. The van der Waals surface area contributed by atoms with Crippen LogP contribution in [-0.2, 0) is 13.0 Å². The maximum atomic E-state index is 12.8. The van der Waals surface area contributed by atoms with E-state index in [1.54, 1.807) is 0 Å². The highest BCUT2D eigenvalue weighted by Gasteiger charge is 2.16. The van der Waals surface area contributed by atoms with Crippen LogP contribution in [0.2, 0.25) is 0 Å². The van der Waals surface area contributed by atoms with Crippen molar-refractivity contribution in [1.29, 1.82) is 0 Å². The summed E-state index contributed by atoms with van der Waals surface area (Å²) in [6, 6.07) is 7.94. The number of unbranched alkanes of at least 4 members (excludes halogenated alkanes) is 2.